The number of pyridine rings is 1. The number of carboxylic acid groups (broad SMARTS) is 1. The Morgan fingerprint density at radius 1 is 1.41 bits per heavy atom. The monoisotopic (exact) mass is 305 g/mol. The van der Waals surface area contributed by atoms with Gasteiger partial charge in [0.25, 0.3) is 0 Å². The van der Waals surface area contributed by atoms with Gasteiger partial charge in [0, 0.05) is 18.2 Å². The van der Waals surface area contributed by atoms with Crippen molar-refractivity contribution in [3.8, 4) is 0 Å². The number of fused-ring (bicyclic) bond motifs is 1. The zero-order valence-electron chi connectivity index (χ0n) is 12.7. The summed E-state index contributed by atoms with van der Waals surface area (Å²) in [6.45, 7) is 5.15. The topological polar surface area (TPSA) is 92.9 Å². The summed E-state index contributed by atoms with van der Waals surface area (Å²) in [5.74, 6) is -1.12. The van der Waals surface area contributed by atoms with E-state index in [4.69, 9.17) is 4.74 Å². The first-order valence-corrected chi connectivity index (χ1v) is 6.90. The van der Waals surface area contributed by atoms with Crippen LogP contribution in [0.4, 0.5) is 4.79 Å². The minimum atomic E-state index is -1.12. The largest absolute Gasteiger partial charge is 0.480 e. The first-order chi connectivity index (χ1) is 10.3. The summed E-state index contributed by atoms with van der Waals surface area (Å²) in [6, 6.07) is 4.44. The van der Waals surface area contributed by atoms with Gasteiger partial charge in [0.05, 0.1) is 11.7 Å². The third-order valence-electron chi connectivity index (χ3n) is 2.92. The number of nitrogens with zero attached hydrogens (tertiary/aromatic N) is 2. The molecule has 2 aromatic rings. The first-order valence-electron chi connectivity index (χ1n) is 6.90. The third-order valence-corrected chi connectivity index (χ3v) is 2.92. The molecule has 0 saturated carbocycles. The van der Waals surface area contributed by atoms with Crippen LogP contribution in [0.15, 0.2) is 30.6 Å². The minimum Gasteiger partial charge on any atom is -0.480 e. The molecule has 7 nitrogen and oxygen atoms in total. The van der Waals surface area contributed by atoms with E-state index >= 15 is 0 Å². The molecule has 0 bridgehead atoms. The fourth-order valence-corrected chi connectivity index (χ4v) is 2.01. The average molecular weight is 305 g/mol. The van der Waals surface area contributed by atoms with Gasteiger partial charge in [-0.1, -0.05) is 6.07 Å². The maximum atomic E-state index is 11.7. The van der Waals surface area contributed by atoms with Gasteiger partial charge in [0.15, 0.2) is 0 Å². The number of carboxylic acids is 1. The second-order valence-electron chi connectivity index (χ2n) is 5.94. The van der Waals surface area contributed by atoms with Crippen molar-refractivity contribution in [2.24, 2.45) is 0 Å². The van der Waals surface area contributed by atoms with Gasteiger partial charge in [-0.15, -0.1) is 0 Å². The molecule has 0 fully saturated rings. The summed E-state index contributed by atoms with van der Waals surface area (Å²) >= 11 is 0. The molecule has 0 aromatic carbocycles. The van der Waals surface area contributed by atoms with E-state index in [1.54, 1.807) is 37.7 Å². The lowest BCUT2D eigenvalue weighted by molar-refractivity contribution is -0.139. The van der Waals surface area contributed by atoms with Crippen LogP contribution in [0.5, 0.6) is 0 Å². The standard InChI is InChI=1S/C15H19N3O4/c1-15(2,3)22-14(21)17-11(13(19)20)8-10-9-16-18-7-5-4-6-12(10)18/h4-7,9,11H,8H2,1-3H3,(H,17,21)(H,19,20). The van der Waals surface area contributed by atoms with Crippen molar-refractivity contribution >= 4 is 17.6 Å². The van der Waals surface area contributed by atoms with Crippen LogP contribution in [0, 0.1) is 0 Å². The van der Waals surface area contributed by atoms with E-state index in [1.807, 2.05) is 18.2 Å². The number of hydrogen-bond donors (Lipinski definition) is 2. The number of hydrogen-bond acceptors (Lipinski definition) is 4. The van der Waals surface area contributed by atoms with Crippen LogP contribution in [-0.4, -0.2) is 38.4 Å². The lowest BCUT2D eigenvalue weighted by Gasteiger charge is -2.21. The summed E-state index contributed by atoms with van der Waals surface area (Å²) in [4.78, 5) is 23.1. The Kier molecular flexibility index (Phi) is 4.35. The SMILES string of the molecule is CC(C)(C)OC(=O)NC(Cc1cnn2ccccc12)C(=O)O. The van der Waals surface area contributed by atoms with Crippen molar-refractivity contribution in [2.45, 2.75) is 38.8 Å². The number of aliphatic carboxylic acids is 1. The van der Waals surface area contributed by atoms with Crippen LogP contribution in [0.25, 0.3) is 5.52 Å². The highest BCUT2D eigenvalue weighted by molar-refractivity contribution is 5.80. The normalized spacial score (nSPS) is 12.9. The Bertz CT molecular complexity index is 687. The number of alkyl carbamates (subject to hydrolysis) is 1. The highest BCUT2D eigenvalue weighted by atomic mass is 16.6. The number of amides is 1. The van der Waals surface area contributed by atoms with Crippen molar-refractivity contribution in [3.63, 3.8) is 0 Å². The van der Waals surface area contributed by atoms with E-state index in [9.17, 15) is 14.7 Å². The third kappa shape index (κ3) is 3.97. The zero-order valence-corrected chi connectivity index (χ0v) is 12.7. The Morgan fingerprint density at radius 3 is 2.77 bits per heavy atom. The number of aromatic nitrogens is 2. The Balaban J connectivity index is 2.12. The minimum absolute atomic E-state index is 0.127. The molecule has 7 heteroatoms. The molecule has 2 aromatic heterocycles. The van der Waals surface area contributed by atoms with Gasteiger partial charge < -0.3 is 15.2 Å². The van der Waals surface area contributed by atoms with Crippen molar-refractivity contribution in [3.05, 3.63) is 36.2 Å². The van der Waals surface area contributed by atoms with Gasteiger partial charge in [-0.3, -0.25) is 0 Å². The van der Waals surface area contributed by atoms with E-state index in [0.29, 0.717) is 0 Å². The molecule has 1 unspecified atom stereocenters. The molecule has 0 aliphatic rings. The van der Waals surface area contributed by atoms with Crippen LogP contribution in [0.3, 0.4) is 0 Å². The molecule has 0 saturated heterocycles. The van der Waals surface area contributed by atoms with E-state index in [-0.39, 0.29) is 6.42 Å². The fourth-order valence-electron chi connectivity index (χ4n) is 2.01. The number of carbonyl (C=O) groups excluding carboxylic acids is 1. The van der Waals surface area contributed by atoms with Gasteiger partial charge in [-0.05, 0) is 32.9 Å². The van der Waals surface area contributed by atoms with Crippen molar-refractivity contribution < 1.29 is 19.4 Å². The number of ether oxygens (including phenoxy) is 1. The van der Waals surface area contributed by atoms with Gasteiger partial charge in [-0.2, -0.15) is 5.10 Å². The molecule has 2 heterocycles. The summed E-state index contributed by atoms with van der Waals surface area (Å²) < 4.78 is 6.75. The van der Waals surface area contributed by atoms with E-state index in [1.165, 1.54) is 0 Å². The lowest BCUT2D eigenvalue weighted by atomic mass is 10.1. The number of rotatable bonds is 4. The molecule has 0 spiro atoms. The molecule has 22 heavy (non-hydrogen) atoms. The highest BCUT2D eigenvalue weighted by Gasteiger charge is 2.25. The maximum absolute atomic E-state index is 11.7. The smallest absolute Gasteiger partial charge is 0.408 e. The van der Waals surface area contributed by atoms with E-state index in [2.05, 4.69) is 10.4 Å². The molecule has 118 valence electrons. The van der Waals surface area contributed by atoms with Gasteiger partial charge in [0.1, 0.15) is 11.6 Å². The second-order valence-corrected chi connectivity index (χ2v) is 5.94. The second kappa shape index (κ2) is 6.05. The molecule has 1 amide bonds. The number of carbonyl (C=O) groups is 2. The Hall–Kier alpha value is -2.57. The first kappa shape index (κ1) is 15.8. The predicted molar refractivity (Wildman–Crippen MR) is 79.7 cm³/mol. The fraction of sp³-hybridized carbons (Fsp3) is 0.400. The highest BCUT2D eigenvalue weighted by Crippen LogP contribution is 2.13. The number of nitrogens with one attached hydrogen (secondary N) is 1. The van der Waals surface area contributed by atoms with Crippen molar-refractivity contribution in [2.75, 3.05) is 0 Å². The molecular weight excluding hydrogens is 286 g/mol. The molecule has 0 radical (unpaired) electrons. The molecule has 0 aliphatic heterocycles. The molecule has 0 aliphatic carbocycles. The average Bonchev–Trinajstić information content (AvgIpc) is 2.79. The van der Waals surface area contributed by atoms with Crippen LogP contribution in [0.1, 0.15) is 26.3 Å². The van der Waals surface area contributed by atoms with Crippen LogP contribution in [0.2, 0.25) is 0 Å². The molecule has 1 atom stereocenters. The molecule has 2 N–H and O–H groups in total. The maximum Gasteiger partial charge on any atom is 0.408 e. The quantitative estimate of drug-likeness (QED) is 0.899. The van der Waals surface area contributed by atoms with Gasteiger partial charge in [0.2, 0.25) is 0 Å². The Morgan fingerprint density at radius 2 is 2.14 bits per heavy atom. The van der Waals surface area contributed by atoms with Gasteiger partial charge >= 0.3 is 12.1 Å². The van der Waals surface area contributed by atoms with Crippen LogP contribution >= 0.6 is 0 Å². The van der Waals surface area contributed by atoms with Gasteiger partial charge in [-0.25, -0.2) is 14.1 Å². The zero-order chi connectivity index (χ0) is 16.3. The van der Waals surface area contributed by atoms with Crippen LogP contribution in [-0.2, 0) is 16.0 Å². The summed E-state index contributed by atoms with van der Waals surface area (Å²) in [7, 11) is 0. The Labute approximate surface area is 127 Å². The molecule has 2 rings (SSSR count). The summed E-state index contributed by atoms with van der Waals surface area (Å²) in [5.41, 5.74) is 0.862. The van der Waals surface area contributed by atoms with Crippen molar-refractivity contribution in [1.82, 2.24) is 14.9 Å². The van der Waals surface area contributed by atoms with E-state index in [0.717, 1.165) is 11.1 Å². The van der Waals surface area contributed by atoms with Crippen molar-refractivity contribution in [1.29, 1.82) is 0 Å². The molecular formula is C15H19N3O4. The van der Waals surface area contributed by atoms with E-state index < -0.39 is 23.7 Å². The summed E-state index contributed by atoms with van der Waals surface area (Å²) in [6.07, 6.45) is 2.75. The predicted octanol–water partition coefficient (Wildman–Crippen LogP) is 1.85. The lowest BCUT2D eigenvalue weighted by Crippen LogP contribution is -2.44. The summed E-state index contributed by atoms with van der Waals surface area (Å²) in [5, 5.41) is 15.8. The van der Waals surface area contributed by atoms with Crippen LogP contribution < -0.4 is 5.32 Å².